The normalized spacial score (nSPS) is 26.2. The molecule has 0 aromatic rings. The molecular weight excluding hydrogens is 224 g/mol. The largest absolute Gasteiger partial charge is 0.370 e. The summed E-state index contributed by atoms with van der Waals surface area (Å²) in [5.74, 6) is 0. The molecule has 2 atom stereocenters. The van der Waals surface area contributed by atoms with Crippen molar-refractivity contribution in [2.75, 3.05) is 26.2 Å². The van der Waals surface area contributed by atoms with Gasteiger partial charge in [-0.1, -0.05) is 13.8 Å². The van der Waals surface area contributed by atoms with Crippen LogP contribution in [0.4, 0.5) is 0 Å². The first-order valence-corrected chi connectivity index (χ1v) is 7.60. The van der Waals surface area contributed by atoms with E-state index in [2.05, 4.69) is 44.8 Å². The molecule has 18 heavy (non-hydrogen) atoms. The lowest BCUT2D eigenvalue weighted by Crippen LogP contribution is -2.52. The second-order valence-electron chi connectivity index (χ2n) is 6.23. The van der Waals surface area contributed by atoms with Crippen LogP contribution in [0, 0.1) is 0 Å². The molecule has 1 aliphatic heterocycles. The van der Waals surface area contributed by atoms with Crippen molar-refractivity contribution < 1.29 is 4.74 Å². The lowest BCUT2D eigenvalue weighted by atomic mass is 10.0. The molecule has 0 aromatic carbocycles. The summed E-state index contributed by atoms with van der Waals surface area (Å²) in [6.45, 7) is 15.5. The summed E-state index contributed by atoms with van der Waals surface area (Å²) in [6.07, 6.45) is 4.17. The average molecular weight is 256 g/mol. The van der Waals surface area contributed by atoms with Crippen LogP contribution in [0.1, 0.15) is 53.9 Å². The van der Waals surface area contributed by atoms with E-state index in [1.165, 1.54) is 25.8 Å². The van der Waals surface area contributed by atoms with Gasteiger partial charge in [0.2, 0.25) is 0 Å². The van der Waals surface area contributed by atoms with Gasteiger partial charge >= 0.3 is 0 Å². The van der Waals surface area contributed by atoms with E-state index >= 15 is 0 Å². The van der Waals surface area contributed by atoms with Crippen LogP contribution in [0.25, 0.3) is 0 Å². The van der Waals surface area contributed by atoms with Crippen LogP contribution in [0.5, 0.6) is 0 Å². The van der Waals surface area contributed by atoms with E-state index in [-0.39, 0.29) is 5.60 Å². The molecule has 0 radical (unpaired) electrons. The Balaban J connectivity index is 2.26. The molecule has 3 nitrogen and oxygen atoms in total. The molecule has 1 N–H and O–H groups in total. The van der Waals surface area contributed by atoms with Crippen LogP contribution in [0.3, 0.4) is 0 Å². The number of hydrogen-bond donors (Lipinski definition) is 1. The number of hydrogen-bond acceptors (Lipinski definition) is 3. The zero-order valence-corrected chi connectivity index (χ0v) is 13.0. The Hall–Kier alpha value is -0.120. The van der Waals surface area contributed by atoms with Crippen molar-refractivity contribution in [3.63, 3.8) is 0 Å². The van der Waals surface area contributed by atoms with E-state index in [0.717, 1.165) is 19.6 Å². The maximum absolute atomic E-state index is 5.94. The van der Waals surface area contributed by atoms with Crippen molar-refractivity contribution in [1.82, 2.24) is 10.2 Å². The van der Waals surface area contributed by atoms with E-state index in [9.17, 15) is 0 Å². The van der Waals surface area contributed by atoms with Gasteiger partial charge in [0.15, 0.2) is 0 Å². The van der Waals surface area contributed by atoms with Gasteiger partial charge in [-0.25, -0.2) is 0 Å². The van der Waals surface area contributed by atoms with Crippen molar-refractivity contribution in [2.24, 2.45) is 0 Å². The predicted octanol–water partition coefficient (Wildman–Crippen LogP) is 2.65. The fraction of sp³-hybridized carbons (Fsp3) is 1.00. The fourth-order valence-corrected chi connectivity index (χ4v) is 3.06. The van der Waals surface area contributed by atoms with Gasteiger partial charge in [-0.3, -0.25) is 4.90 Å². The monoisotopic (exact) mass is 256 g/mol. The zero-order chi connectivity index (χ0) is 13.6. The van der Waals surface area contributed by atoms with Gasteiger partial charge in [0.1, 0.15) is 0 Å². The van der Waals surface area contributed by atoms with Crippen LogP contribution in [-0.2, 0) is 4.74 Å². The lowest BCUT2D eigenvalue weighted by molar-refractivity contribution is -0.128. The maximum atomic E-state index is 5.94. The molecule has 0 amide bonds. The van der Waals surface area contributed by atoms with Gasteiger partial charge in [-0.15, -0.1) is 0 Å². The molecule has 1 heterocycles. The minimum absolute atomic E-state index is 0.0174. The molecule has 0 aromatic heterocycles. The Labute approximate surface area is 113 Å². The third-order valence-electron chi connectivity index (χ3n) is 3.65. The van der Waals surface area contributed by atoms with Gasteiger partial charge < -0.3 is 10.1 Å². The molecule has 1 rings (SSSR count). The molecule has 1 aliphatic rings. The molecule has 0 aliphatic carbocycles. The van der Waals surface area contributed by atoms with Gasteiger partial charge in [0.05, 0.1) is 11.7 Å². The predicted molar refractivity (Wildman–Crippen MR) is 78.1 cm³/mol. The van der Waals surface area contributed by atoms with Crippen molar-refractivity contribution in [2.45, 2.75) is 71.6 Å². The summed E-state index contributed by atoms with van der Waals surface area (Å²) >= 11 is 0. The highest BCUT2D eigenvalue weighted by atomic mass is 16.5. The molecule has 108 valence electrons. The number of ether oxygens (including phenoxy) is 1. The Bertz CT molecular complexity index is 231. The number of nitrogens with zero attached hydrogens (tertiary/aromatic N) is 1. The van der Waals surface area contributed by atoms with Crippen LogP contribution >= 0.6 is 0 Å². The van der Waals surface area contributed by atoms with E-state index < -0.39 is 0 Å². The third-order valence-corrected chi connectivity index (χ3v) is 3.65. The van der Waals surface area contributed by atoms with Crippen molar-refractivity contribution >= 4 is 0 Å². The van der Waals surface area contributed by atoms with Crippen LogP contribution in [0.15, 0.2) is 0 Å². The van der Waals surface area contributed by atoms with Crippen molar-refractivity contribution in [1.29, 1.82) is 0 Å². The van der Waals surface area contributed by atoms with E-state index in [4.69, 9.17) is 4.74 Å². The Kier molecular flexibility index (Phi) is 6.61. The van der Waals surface area contributed by atoms with Crippen molar-refractivity contribution in [3.05, 3.63) is 0 Å². The Morgan fingerprint density at radius 1 is 1.39 bits per heavy atom. The highest BCUT2D eigenvalue weighted by molar-refractivity contribution is 4.82. The Morgan fingerprint density at radius 3 is 2.67 bits per heavy atom. The van der Waals surface area contributed by atoms with E-state index in [1.807, 2.05) is 0 Å². The first-order chi connectivity index (χ1) is 8.46. The molecule has 1 saturated heterocycles. The number of morpholine rings is 1. The Morgan fingerprint density at radius 2 is 2.11 bits per heavy atom. The first-order valence-electron chi connectivity index (χ1n) is 7.60. The highest BCUT2D eigenvalue weighted by Crippen LogP contribution is 2.21. The molecule has 2 unspecified atom stereocenters. The van der Waals surface area contributed by atoms with Gasteiger partial charge in [0, 0.05) is 19.1 Å². The van der Waals surface area contributed by atoms with Crippen LogP contribution in [0.2, 0.25) is 0 Å². The lowest BCUT2D eigenvalue weighted by Gasteiger charge is -2.41. The second-order valence-corrected chi connectivity index (χ2v) is 6.23. The highest BCUT2D eigenvalue weighted by Gasteiger charge is 2.30. The minimum atomic E-state index is 0.0174. The SMILES string of the molecule is CCNC(CC)CCCN1CC(C)OC(C)(C)C1. The molecule has 0 spiro atoms. The first kappa shape index (κ1) is 15.9. The zero-order valence-electron chi connectivity index (χ0n) is 13.0. The summed E-state index contributed by atoms with van der Waals surface area (Å²) in [4.78, 5) is 2.56. The van der Waals surface area contributed by atoms with Crippen LogP contribution in [-0.4, -0.2) is 48.8 Å². The molecule has 1 fully saturated rings. The fourth-order valence-electron chi connectivity index (χ4n) is 3.06. The average Bonchev–Trinajstić information content (AvgIpc) is 2.25. The molecule has 3 heteroatoms. The standard InChI is InChI=1S/C15H32N2O/c1-6-14(16-7-2)9-8-10-17-11-13(3)18-15(4,5)12-17/h13-14,16H,6-12H2,1-5H3. The third kappa shape index (κ3) is 5.68. The second kappa shape index (κ2) is 7.46. The maximum Gasteiger partial charge on any atom is 0.0757 e. The smallest absolute Gasteiger partial charge is 0.0757 e. The van der Waals surface area contributed by atoms with Gasteiger partial charge in [-0.05, 0) is 53.1 Å². The number of rotatable bonds is 7. The van der Waals surface area contributed by atoms with Crippen molar-refractivity contribution in [3.8, 4) is 0 Å². The topological polar surface area (TPSA) is 24.5 Å². The summed E-state index contributed by atoms with van der Waals surface area (Å²) in [6, 6.07) is 0.696. The molecular formula is C15H32N2O. The summed E-state index contributed by atoms with van der Waals surface area (Å²) < 4.78 is 5.94. The van der Waals surface area contributed by atoms with Crippen LogP contribution < -0.4 is 5.32 Å². The minimum Gasteiger partial charge on any atom is -0.370 e. The molecule has 0 bridgehead atoms. The molecule has 0 saturated carbocycles. The van der Waals surface area contributed by atoms with Gasteiger partial charge in [0.25, 0.3) is 0 Å². The van der Waals surface area contributed by atoms with E-state index in [0.29, 0.717) is 12.1 Å². The quantitative estimate of drug-likeness (QED) is 0.758. The van der Waals surface area contributed by atoms with Gasteiger partial charge in [-0.2, -0.15) is 0 Å². The van der Waals surface area contributed by atoms with E-state index in [1.54, 1.807) is 0 Å². The summed E-state index contributed by atoms with van der Waals surface area (Å²) in [5.41, 5.74) is 0.0174. The summed E-state index contributed by atoms with van der Waals surface area (Å²) in [5, 5.41) is 3.55. The number of nitrogens with one attached hydrogen (secondary N) is 1. The summed E-state index contributed by atoms with van der Waals surface area (Å²) in [7, 11) is 0.